The molecular weight excluding hydrogens is 268 g/mol. The van der Waals surface area contributed by atoms with E-state index >= 15 is 0 Å². The number of nitrogens with zero attached hydrogens (tertiary/aromatic N) is 2. The number of hydrogen-bond acceptors (Lipinski definition) is 2. The number of rotatable bonds is 1. The Bertz CT molecular complexity index is 836. The summed E-state index contributed by atoms with van der Waals surface area (Å²) >= 11 is 5.16. The van der Waals surface area contributed by atoms with Crippen molar-refractivity contribution in [1.82, 2.24) is 14.5 Å². The lowest BCUT2D eigenvalue weighted by molar-refractivity contribution is 0.593. The highest BCUT2D eigenvalue weighted by atomic mass is 32.1. The molecule has 19 heavy (non-hydrogen) atoms. The van der Waals surface area contributed by atoms with E-state index < -0.39 is 11.6 Å². The summed E-state index contributed by atoms with van der Waals surface area (Å²) in [7, 11) is 0. The molecule has 3 aromatic rings. The van der Waals surface area contributed by atoms with Crippen LogP contribution >= 0.6 is 12.2 Å². The summed E-state index contributed by atoms with van der Waals surface area (Å²) in [5.74, 6) is -1.08. The number of aromatic nitrogens is 3. The fraction of sp³-hybridized carbons (Fsp3) is 0.0769. The van der Waals surface area contributed by atoms with Crippen LogP contribution in [-0.2, 0) is 0 Å². The fourth-order valence-electron chi connectivity index (χ4n) is 1.98. The molecular formula is C13H9F2N3S. The monoisotopic (exact) mass is 277 g/mol. The van der Waals surface area contributed by atoms with Gasteiger partial charge in [0.2, 0.25) is 0 Å². The normalized spacial score (nSPS) is 11.1. The van der Waals surface area contributed by atoms with Crippen LogP contribution in [0.2, 0.25) is 0 Å². The van der Waals surface area contributed by atoms with Crippen LogP contribution in [-0.4, -0.2) is 14.5 Å². The largest absolute Gasteiger partial charge is 0.329 e. The number of benzene rings is 1. The molecule has 0 saturated heterocycles. The third-order valence-corrected chi connectivity index (χ3v) is 3.09. The van der Waals surface area contributed by atoms with E-state index in [4.69, 9.17) is 12.2 Å². The van der Waals surface area contributed by atoms with Crippen molar-refractivity contribution >= 4 is 23.4 Å². The van der Waals surface area contributed by atoms with Crippen molar-refractivity contribution in [2.45, 2.75) is 6.92 Å². The predicted molar refractivity (Wildman–Crippen MR) is 70.9 cm³/mol. The number of hydrogen-bond donors (Lipinski definition) is 1. The Balaban J connectivity index is 2.39. The number of imidazole rings is 1. The molecule has 0 aliphatic carbocycles. The zero-order valence-electron chi connectivity index (χ0n) is 9.95. The summed E-state index contributed by atoms with van der Waals surface area (Å²) in [6.45, 7) is 1.89. The molecule has 0 bridgehead atoms. The maximum Gasteiger partial charge on any atom is 0.184 e. The van der Waals surface area contributed by atoms with E-state index in [-0.39, 0.29) is 10.5 Å². The highest BCUT2D eigenvalue weighted by Gasteiger charge is 2.12. The van der Waals surface area contributed by atoms with Gasteiger partial charge in [-0.3, -0.25) is 4.57 Å². The number of fused-ring (bicyclic) bond motifs is 1. The molecule has 0 amide bonds. The predicted octanol–water partition coefficient (Wildman–Crippen LogP) is 3.67. The first kappa shape index (κ1) is 12.0. The quantitative estimate of drug-likeness (QED) is 0.688. The van der Waals surface area contributed by atoms with Crippen molar-refractivity contribution in [3.05, 3.63) is 52.4 Å². The zero-order chi connectivity index (χ0) is 13.6. The van der Waals surface area contributed by atoms with E-state index in [0.717, 1.165) is 23.8 Å². The van der Waals surface area contributed by atoms with E-state index in [0.29, 0.717) is 11.2 Å². The van der Waals surface area contributed by atoms with E-state index in [2.05, 4.69) is 9.97 Å². The Morgan fingerprint density at radius 3 is 2.84 bits per heavy atom. The summed E-state index contributed by atoms with van der Waals surface area (Å²) < 4.78 is 28.8. The fourth-order valence-corrected chi connectivity index (χ4v) is 2.27. The van der Waals surface area contributed by atoms with Gasteiger partial charge in [-0.15, -0.1) is 0 Å². The van der Waals surface area contributed by atoms with Crippen molar-refractivity contribution in [2.75, 3.05) is 0 Å². The van der Waals surface area contributed by atoms with Crippen LogP contribution in [0.1, 0.15) is 5.56 Å². The Kier molecular flexibility index (Phi) is 2.67. The summed E-state index contributed by atoms with van der Waals surface area (Å²) in [5, 5.41) is 0. The first-order valence-electron chi connectivity index (χ1n) is 5.59. The van der Waals surface area contributed by atoms with Gasteiger partial charge in [0.05, 0.1) is 11.2 Å². The van der Waals surface area contributed by atoms with Crippen LogP contribution in [0.15, 0.2) is 30.5 Å². The Morgan fingerprint density at radius 1 is 1.26 bits per heavy atom. The van der Waals surface area contributed by atoms with Crippen molar-refractivity contribution in [2.24, 2.45) is 0 Å². The minimum absolute atomic E-state index is 0.0487. The minimum atomic E-state index is -0.555. The van der Waals surface area contributed by atoms with E-state index in [1.165, 1.54) is 4.57 Å². The van der Waals surface area contributed by atoms with Gasteiger partial charge in [0.1, 0.15) is 11.6 Å². The molecule has 2 heterocycles. The van der Waals surface area contributed by atoms with Gasteiger partial charge in [0.15, 0.2) is 10.4 Å². The van der Waals surface area contributed by atoms with E-state index in [9.17, 15) is 8.78 Å². The van der Waals surface area contributed by atoms with Gasteiger partial charge in [-0.2, -0.15) is 0 Å². The molecule has 0 aliphatic rings. The number of halogens is 2. The maximum absolute atomic E-state index is 13.8. The second-order valence-corrected chi connectivity index (χ2v) is 4.63. The number of aryl methyl sites for hydroxylation is 1. The Labute approximate surface area is 112 Å². The van der Waals surface area contributed by atoms with Crippen molar-refractivity contribution in [3.63, 3.8) is 0 Å². The molecule has 96 valence electrons. The minimum Gasteiger partial charge on any atom is -0.329 e. The van der Waals surface area contributed by atoms with Crippen LogP contribution in [0.3, 0.4) is 0 Å². The lowest BCUT2D eigenvalue weighted by Crippen LogP contribution is -2.00. The van der Waals surface area contributed by atoms with Crippen LogP contribution in [0.25, 0.3) is 16.9 Å². The average molecular weight is 277 g/mol. The number of nitrogens with one attached hydrogen (secondary N) is 1. The molecule has 3 rings (SSSR count). The standard InChI is InChI=1S/C13H9F2N3S/c1-7-4-10-12(16-6-7)18(13(19)17-10)11-5-8(14)2-3-9(11)15/h2-6H,1H3,(H,17,19). The van der Waals surface area contributed by atoms with Gasteiger partial charge < -0.3 is 4.98 Å². The Hall–Kier alpha value is -2.08. The number of pyridine rings is 1. The molecule has 1 aromatic carbocycles. The van der Waals surface area contributed by atoms with Gasteiger partial charge in [-0.05, 0) is 42.9 Å². The third-order valence-electron chi connectivity index (χ3n) is 2.81. The number of aromatic amines is 1. The van der Waals surface area contributed by atoms with Gasteiger partial charge in [0.25, 0.3) is 0 Å². The summed E-state index contributed by atoms with van der Waals surface area (Å²) in [6.07, 6.45) is 1.65. The van der Waals surface area contributed by atoms with Crippen LogP contribution < -0.4 is 0 Å². The van der Waals surface area contributed by atoms with Crippen molar-refractivity contribution in [3.8, 4) is 5.69 Å². The average Bonchev–Trinajstić information content (AvgIpc) is 2.67. The van der Waals surface area contributed by atoms with Crippen LogP contribution in [0.4, 0.5) is 8.78 Å². The SMILES string of the molecule is Cc1cnc2c(c1)[nH]c(=S)n2-c1cc(F)ccc1F. The van der Waals surface area contributed by atoms with Gasteiger partial charge >= 0.3 is 0 Å². The topological polar surface area (TPSA) is 33.6 Å². The Morgan fingerprint density at radius 2 is 2.05 bits per heavy atom. The molecule has 3 nitrogen and oxygen atoms in total. The van der Waals surface area contributed by atoms with Crippen LogP contribution in [0, 0.1) is 23.3 Å². The second kappa shape index (κ2) is 4.24. The highest BCUT2D eigenvalue weighted by molar-refractivity contribution is 7.71. The molecule has 0 unspecified atom stereocenters. The number of H-pyrrole nitrogens is 1. The highest BCUT2D eigenvalue weighted by Crippen LogP contribution is 2.21. The summed E-state index contributed by atoms with van der Waals surface area (Å²) in [6, 6.07) is 5.08. The molecule has 2 aromatic heterocycles. The van der Waals surface area contributed by atoms with Gasteiger partial charge in [-0.1, -0.05) is 0 Å². The molecule has 0 radical (unpaired) electrons. The van der Waals surface area contributed by atoms with E-state index in [1.54, 1.807) is 6.20 Å². The molecule has 0 atom stereocenters. The molecule has 0 fully saturated rings. The molecule has 1 N–H and O–H groups in total. The molecule has 6 heteroatoms. The van der Waals surface area contributed by atoms with Crippen molar-refractivity contribution in [1.29, 1.82) is 0 Å². The lowest BCUT2D eigenvalue weighted by atomic mass is 10.3. The summed E-state index contributed by atoms with van der Waals surface area (Å²) in [5.41, 5.74) is 2.16. The van der Waals surface area contributed by atoms with Gasteiger partial charge in [0, 0.05) is 12.3 Å². The lowest BCUT2D eigenvalue weighted by Gasteiger charge is -2.05. The van der Waals surface area contributed by atoms with E-state index in [1.807, 2.05) is 13.0 Å². The second-order valence-electron chi connectivity index (χ2n) is 4.25. The zero-order valence-corrected chi connectivity index (χ0v) is 10.8. The first-order chi connectivity index (χ1) is 9.06. The molecule has 0 saturated carbocycles. The van der Waals surface area contributed by atoms with Crippen LogP contribution in [0.5, 0.6) is 0 Å². The summed E-state index contributed by atoms with van der Waals surface area (Å²) in [4.78, 5) is 7.16. The molecule has 0 aliphatic heterocycles. The van der Waals surface area contributed by atoms with Gasteiger partial charge in [-0.25, -0.2) is 13.8 Å². The third kappa shape index (κ3) is 1.94. The molecule has 0 spiro atoms. The smallest absolute Gasteiger partial charge is 0.184 e. The van der Waals surface area contributed by atoms with Crippen molar-refractivity contribution < 1.29 is 8.78 Å². The maximum atomic E-state index is 13.8. The first-order valence-corrected chi connectivity index (χ1v) is 6.00.